The molecule has 5 nitrogen and oxygen atoms in total. The van der Waals surface area contributed by atoms with E-state index < -0.39 is 0 Å². The molecule has 1 atom stereocenters. The van der Waals surface area contributed by atoms with Crippen molar-refractivity contribution in [2.45, 2.75) is 57.0 Å². The minimum atomic E-state index is -0.300. The molecule has 5 heteroatoms. The van der Waals surface area contributed by atoms with Gasteiger partial charge in [0.1, 0.15) is 5.82 Å². The average molecular weight is 250 g/mol. The zero-order chi connectivity index (χ0) is 13.0. The molecule has 0 aromatic carbocycles. The van der Waals surface area contributed by atoms with Gasteiger partial charge in [0.25, 0.3) is 0 Å². The lowest BCUT2D eigenvalue weighted by Gasteiger charge is -2.33. The van der Waals surface area contributed by atoms with Crippen LogP contribution in [0.4, 0.5) is 0 Å². The highest BCUT2D eigenvalue weighted by Gasteiger charge is 2.30. The Kier molecular flexibility index (Phi) is 4.01. The maximum Gasteiger partial charge on any atom is 0.222 e. The van der Waals surface area contributed by atoms with Gasteiger partial charge in [0.05, 0.1) is 6.04 Å². The van der Waals surface area contributed by atoms with Gasteiger partial charge >= 0.3 is 0 Å². The third kappa shape index (κ3) is 3.32. The van der Waals surface area contributed by atoms with Gasteiger partial charge in [-0.1, -0.05) is 19.3 Å². The zero-order valence-corrected chi connectivity index (χ0v) is 10.9. The highest BCUT2D eigenvalue weighted by molar-refractivity contribution is 5.77. The van der Waals surface area contributed by atoms with Gasteiger partial charge in [-0.2, -0.15) is 0 Å². The first-order valence-corrected chi connectivity index (χ1v) is 6.67. The van der Waals surface area contributed by atoms with Crippen LogP contribution in [-0.4, -0.2) is 21.4 Å². The Balaban J connectivity index is 1.84. The summed E-state index contributed by atoms with van der Waals surface area (Å²) in [6.07, 6.45) is 9.27. The summed E-state index contributed by atoms with van der Waals surface area (Å²) < 4.78 is 0. The van der Waals surface area contributed by atoms with E-state index >= 15 is 0 Å². The van der Waals surface area contributed by atoms with E-state index in [0.29, 0.717) is 6.42 Å². The smallest absolute Gasteiger partial charge is 0.222 e. The topological polar surface area (TPSA) is 83.8 Å². The third-order valence-electron chi connectivity index (χ3n) is 3.67. The number of amides is 1. The van der Waals surface area contributed by atoms with Crippen LogP contribution in [-0.2, 0) is 4.79 Å². The van der Waals surface area contributed by atoms with Gasteiger partial charge < -0.3 is 16.0 Å². The van der Waals surface area contributed by atoms with Gasteiger partial charge in [-0.05, 0) is 19.8 Å². The van der Waals surface area contributed by atoms with E-state index in [0.717, 1.165) is 31.5 Å². The summed E-state index contributed by atoms with van der Waals surface area (Å²) >= 11 is 0. The van der Waals surface area contributed by atoms with Gasteiger partial charge in [-0.3, -0.25) is 4.79 Å². The number of nitrogens with one attached hydrogen (secondary N) is 2. The predicted molar refractivity (Wildman–Crippen MR) is 69.8 cm³/mol. The largest absolute Gasteiger partial charge is 0.347 e. The molecule has 0 spiro atoms. The van der Waals surface area contributed by atoms with Crippen molar-refractivity contribution in [1.29, 1.82) is 0 Å². The number of H-pyrrole nitrogens is 1. The highest BCUT2D eigenvalue weighted by Crippen LogP contribution is 2.28. The van der Waals surface area contributed by atoms with Crippen LogP contribution in [0.5, 0.6) is 0 Å². The number of aromatic amines is 1. The van der Waals surface area contributed by atoms with Crippen LogP contribution in [0.3, 0.4) is 0 Å². The molecule has 2 rings (SSSR count). The van der Waals surface area contributed by atoms with Gasteiger partial charge in [0.15, 0.2) is 0 Å². The quantitative estimate of drug-likeness (QED) is 0.759. The minimum absolute atomic E-state index is 0.0169. The molecule has 1 fully saturated rings. The fourth-order valence-electron chi connectivity index (χ4n) is 2.63. The van der Waals surface area contributed by atoms with Crippen LogP contribution >= 0.6 is 0 Å². The molecule has 0 aliphatic heterocycles. The summed E-state index contributed by atoms with van der Waals surface area (Å²) in [5.41, 5.74) is 5.97. The molecular formula is C13H22N4O. The second kappa shape index (κ2) is 5.52. The Hall–Kier alpha value is -1.36. The first-order chi connectivity index (χ1) is 8.59. The monoisotopic (exact) mass is 250 g/mol. The summed E-state index contributed by atoms with van der Waals surface area (Å²) in [6.45, 7) is 1.92. The number of imidazole rings is 1. The molecule has 1 aliphatic rings. The molecule has 1 aromatic rings. The Morgan fingerprint density at radius 3 is 2.89 bits per heavy atom. The van der Waals surface area contributed by atoms with Crippen LogP contribution in [0.25, 0.3) is 0 Å². The molecule has 18 heavy (non-hydrogen) atoms. The molecule has 1 heterocycles. The summed E-state index contributed by atoms with van der Waals surface area (Å²) in [7, 11) is 0. The molecule has 0 radical (unpaired) electrons. The lowest BCUT2D eigenvalue weighted by atomic mass is 9.80. The fraction of sp³-hybridized carbons (Fsp3) is 0.692. The van der Waals surface area contributed by atoms with Crippen LogP contribution in [0, 0.1) is 0 Å². The summed E-state index contributed by atoms with van der Waals surface area (Å²) in [5, 5.41) is 2.94. The van der Waals surface area contributed by atoms with Crippen molar-refractivity contribution in [3.8, 4) is 0 Å². The number of nitrogens with zero attached hydrogens (tertiary/aromatic N) is 1. The number of hydrogen-bond acceptors (Lipinski definition) is 3. The van der Waals surface area contributed by atoms with Crippen LogP contribution in [0.2, 0.25) is 0 Å². The van der Waals surface area contributed by atoms with Crippen LogP contribution < -0.4 is 11.1 Å². The fourth-order valence-corrected chi connectivity index (χ4v) is 2.63. The van der Waals surface area contributed by atoms with E-state index in [1.165, 1.54) is 6.42 Å². The van der Waals surface area contributed by atoms with Gasteiger partial charge in [0.2, 0.25) is 5.91 Å². The summed E-state index contributed by atoms with van der Waals surface area (Å²) in [6, 6.07) is -0.0975. The second-order valence-corrected chi connectivity index (χ2v) is 5.36. The van der Waals surface area contributed by atoms with Crippen molar-refractivity contribution in [1.82, 2.24) is 15.3 Å². The normalized spacial score (nSPS) is 20.3. The molecule has 1 aliphatic carbocycles. The molecule has 1 aromatic heterocycles. The van der Waals surface area contributed by atoms with E-state index in [4.69, 9.17) is 5.73 Å². The maximum absolute atomic E-state index is 12.0. The Morgan fingerprint density at radius 2 is 2.28 bits per heavy atom. The SMILES string of the molecule is CC(NC(=O)CC1(N)CCCCC1)c1ncc[nH]1. The number of carbonyl (C=O) groups is 1. The molecular weight excluding hydrogens is 228 g/mol. The Labute approximate surface area is 108 Å². The van der Waals surface area contributed by atoms with Crippen molar-refractivity contribution >= 4 is 5.91 Å². The lowest BCUT2D eigenvalue weighted by Crippen LogP contribution is -2.46. The van der Waals surface area contributed by atoms with E-state index in [2.05, 4.69) is 15.3 Å². The molecule has 1 unspecified atom stereocenters. The Morgan fingerprint density at radius 1 is 1.56 bits per heavy atom. The van der Waals surface area contributed by atoms with Crippen molar-refractivity contribution in [2.24, 2.45) is 5.73 Å². The summed E-state index contributed by atoms with van der Waals surface area (Å²) in [4.78, 5) is 19.1. The van der Waals surface area contributed by atoms with Crippen LogP contribution in [0.15, 0.2) is 12.4 Å². The first kappa shape index (κ1) is 13.1. The molecule has 0 bridgehead atoms. The number of hydrogen-bond donors (Lipinski definition) is 3. The number of rotatable bonds is 4. The van der Waals surface area contributed by atoms with Gasteiger partial charge in [-0.15, -0.1) is 0 Å². The lowest BCUT2D eigenvalue weighted by molar-refractivity contribution is -0.123. The Bertz CT molecular complexity index is 382. The highest BCUT2D eigenvalue weighted by atomic mass is 16.1. The van der Waals surface area contributed by atoms with E-state index in [-0.39, 0.29) is 17.5 Å². The molecule has 1 saturated carbocycles. The van der Waals surface area contributed by atoms with E-state index in [1.807, 2.05) is 6.92 Å². The average Bonchev–Trinajstić information content (AvgIpc) is 2.82. The third-order valence-corrected chi connectivity index (χ3v) is 3.67. The summed E-state index contributed by atoms with van der Waals surface area (Å²) in [5.74, 6) is 0.793. The number of aromatic nitrogens is 2. The predicted octanol–water partition coefficient (Wildman–Crippen LogP) is 1.64. The maximum atomic E-state index is 12.0. The van der Waals surface area contributed by atoms with Crippen LogP contribution in [0.1, 0.15) is 57.3 Å². The standard InChI is InChI=1S/C13H22N4O/c1-10(12-15-7-8-16-12)17-11(18)9-13(14)5-3-2-4-6-13/h7-8,10H,2-6,9,14H2,1H3,(H,15,16)(H,17,18). The van der Waals surface area contributed by atoms with Crippen molar-refractivity contribution < 1.29 is 4.79 Å². The van der Waals surface area contributed by atoms with Gasteiger partial charge in [0, 0.05) is 24.4 Å². The number of nitrogens with two attached hydrogens (primary N) is 1. The first-order valence-electron chi connectivity index (χ1n) is 6.67. The number of carbonyl (C=O) groups excluding carboxylic acids is 1. The second-order valence-electron chi connectivity index (χ2n) is 5.36. The van der Waals surface area contributed by atoms with Crippen molar-refractivity contribution in [3.05, 3.63) is 18.2 Å². The zero-order valence-electron chi connectivity index (χ0n) is 10.9. The van der Waals surface area contributed by atoms with E-state index in [1.54, 1.807) is 12.4 Å². The van der Waals surface area contributed by atoms with Crippen molar-refractivity contribution in [2.75, 3.05) is 0 Å². The molecule has 0 saturated heterocycles. The van der Waals surface area contributed by atoms with E-state index in [9.17, 15) is 4.79 Å². The molecule has 4 N–H and O–H groups in total. The minimum Gasteiger partial charge on any atom is -0.347 e. The molecule has 1 amide bonds. The van der Waals surface area contributed by atoms with Gasteiger partial charge in [-0.25, -0.2) is 4.98 Å². The molecule has 100 valence electrons. The van der Waals surface area contributed by atoms with Crippen molar-refractivity contribution in [3.63, 3.8) is 0 Å².